The van der Waals surface area contributed by atoms with Gasteiger partial charge in [-0.15, -0.1) is 0 Å². The Labute approximate surface area is 179 Å². The van der Waals surface area contributed by atoms with Crippen molar-refractivity contribution in [3.63, 3.8) is 0 Å². The molecule has 30 heavy (non-hydrogen) atoms. The van der Waals surface area contributed by atoms with Gasteiger partial charge in [0.2, 0.25) is 5.91 Å². The number of nitrogens with zero attached hydrogens (tertiary/aromatic N) is 3. The molecular weight excluding hydrogens is 380 g/mol. The number of likely N-dealkylation sites (tertiary alicyclic amines) is 1. The van der Waals surface area contributed by atoms with Crippen LogP contribution < -0.4 is 5.32 Å². The van der Waals surface area contributed by atoms with Crippen LogP contribution in [0.2, 0.25) is 0 Å². The summed E-state index contributed by atoms with van der Waals surface area (Å²) >= 11 is 0. The largest absolute Gasteiger partial charge is 0.365 e. The van der Waals surface area contributed by atoms with E-state index in [0.29, 0.717) is 24.6 Å². The number of aromatic nitrogens is 1. The van der Waals surface area contributed by atoms with Gasteiger partial charge in [-0.05, 0) is 76.6 Å². The van der Waals surface area contributed by atoms with Crippen LogP contribution in [0, 0.1) is 25.7 Å². The average Bonchev–Trinajstić information content (AvgIpc) is 3.53. The summed E-state index contributed by atoms with van der Waals surface area (Å²) in [4.78, 5) is 33.7. The Morgan fingerprint density at radius 1 is 1.10 bits per heavy atom. The van der Waals surface area contributed by atoms with Crippen LogP contribution in [-0.2, 0) is 9.53 Å². The molecule has 0 unspecified atom stereocenters. The zero-order chi connectivity index (χ0) is 21.1. The van der Waals surface area contributed by atoms with Crippen molar-refractivity contribution in [2.75, 3.05) is 45.9 Å². The number of ether oxygens (including phenoxy) is 1. The topological polar surface area (TPSA) is 74.8 Å². The predicted octanol–water partition coefficient (Wildman–Crippen LogP) is 1.78. The minimum absolute atomic E-state index is 0.0679. The summed E-state index contributed by atoms with van der Waals surface area (Å²) in [5, 5.41) is 2.96. The number of rotatable bonds is 7. The number of carbonyl (C=O) groups is 2. The molecule has 3 fully saturated rings. The quantitative estimate of drug-likeness (QED) is 0.736. The summed E-state index contributed by atoms with van der Waals surface area (Å²) in [5.41, 5.74) is 2.27. The van der Waals surface area contributed by atoms with E-state index >= 15 is 0 Å². The van der Waals surface area contributed by atoms with E-state index in [1.54, 1.807) is 12.1 Å². The average molecular weight is 415 g/mol. The smallest absolute Gasteiger partial charge is 0.251 e. The van der Waals surface area contributed by atoms with Crippen LogP contribution in [-0.4, -0.2) is 78.6 Å². The molecule has 1 N–H and O–H groups in total. The van der Waals surface area contributed by atoms with Crippen molar-refractivity contribution in [2.24, 2.45) is 11.8 Å². The van der Waals surface area contributed by atoms with E-state index in [2.05, 4.69) is 15.2 Å². The highest BCUT2D eigenvalue weighted by atomic mass is 16.5. The zero-order valence-electron chi connectivity index (χ0n) is 18.2. The van der Waals surface area contributed by atoms with Crippen molar-refractivity contribution >= 4 is 11.8 Å². The van der Waals surface area contributed by atoms with Gasteiger partial charge in [0.1, 0.15) is 6.61 Å². The van der Waals surface area contributed by atoms with Crippen molar-refractivity contribution in [2.45, 2.75) is 45.6 Å². The van der Waals surface area contributed by atoms with Gasteiger partial charge in [-0.3, -0.25) is 14.6 Å². The Hall–Kier alpha value is -1.99. The third-order valence-corrected chi connectivity index (χ3v) is 6.45. The SMILES string of the molecule is Cc1cc(C(=O)NC[C@H]2CN(CC3CCN(CC4CC4)CC3)C(=O)CO2)cc(C)n1. The second kappa shape index (κ2) is 9.43. The first-order chi connectivity index (χ1) is 14.5. The van der Waals surface area contributed by atoms with E-state index < -0.39 is 0 Å². The van der Waals surface area contributed by atoms with Crippen LogP contribution >= 0.6 is 0 Å². The number of carbonyl (C=O) groups excluding carboxylic acids is 2. The number of hydrogen-bond donors (Lipinski definition) is 1. The summed E-state index contributed by atoms with van der Waals surface area (Å²) in [5.74, 6) is 1.45. The van der Waals surface area contributed by atoms with Gasteiger partial charge >= 0.3 is 0 Å². The molecule has 0 aromatic carbocycles. The molecular formula is C23H34N4O3. The van der Waals surface area contributed by atoms with E-state index in [9.17, 15) is 9.59 Å². The maximum atomic E-state index is 12.5. The second-order valence-electron chi connectivity index (χ2n) is 9.27. The molecule has 3 aliphatic rings. The van der Waals surface area contributed by atoms with E-state index in [1.165, 1.54) is 32.2 Å². The monoisotopic (exact) mass is 414 g/mol. The number of amides is 2. The summed E-state index contributed by atoms with van der Waals surface area (Å²) in [6.07, 6.45) is 4.98. The van der Waals surface area contributed by atoms with Gasteiger partial charge in [0.05, 0.1) is 6.10 Å². The first-order valence-electron chi connectivity index (χ1n) is 11.3. The molecule has 1 saturated carbocycles. The molecule has 164 valence electrons. The van der Waals surface area contributed by atoms with Crippen molar-refractivity contribution in [3.05, 3.63) is 29.1 Å². The molecule has 2 aliphatic heterocycles. The van der Waals surface area contributed by atoms with E-state index in [1.807, 2.05) is 18.7 Å². The molecule has 1 aliphatic carbocycles. The fourth-order valence-electron chi connectivity index (χ4n) is 4.58. The van der Waals surface area contributed by atoms with E-state index in [0.717, 1.165) is 36.9 Å². The summed E-state index contributed by atoms with van der Waals surface area (Å²) in [6, 6.07) is 3.57. The van der Waals surface area contributed by atoms with E-state index in [-0.39, 0.29) is 24.5 Å². The van der Waals surface area contributed by atoms with Crippen LogP contribution in [0.1, 0.15) is 47.4 Å². The molecule has 4 rings (SSSR count). The number of piperidine rings is 1. The van der Waals surface area contributed by atoms with Crippen molar-refractivity contribution < 1.29 is 14.3 Å². The molecule has 7 nitrogen and oxygen atoms in total. The molecule has 7 heteroatoms. The van der Waals surface area contributed by atoms with Crippen LogP contribution in [0.25, 0.3) is 0 Å². The molecule has 2 saturated heterocycles. The highest BCUT2D eigenvalue weighted by Crippen LogP contribution is 2.31. The summed E-state index contributed by atoms with van der Waals surface area (Å²) in [7, 11) is 0. The fourth-order valence-corrected chi connectivity index (χ4v) is 4.58. The Morgan fingerprint density at radius 3 is 2.43 bits per heavy atom. The zero-order valence-corrected chi connectivity index (χ0v) is 18.2. The Balaban J connectivity index is 1.23. The normalized spacial score (nSPS) is 23.6. The lowest BCUT2D eigenvalue weighted by Crippen LogP contribution is -2.52. The highest BCUT2D eigenvalue weighted by molar-refractivity contribution is 5.94. The van der Waals surface area contributed by atoms with Gasteiger partial charge < -0.3 is 19.9 Å². The van der Waals surface area contributed by atoms with Crippen LogP contribution in [0.15, 0.2) is 12.1 Å². The molecule has 1 aromatic rings. The number of morpholine rings is 1. The van der Waals surface area contributed by atoms with Gasteiger partial charge in [-0.1, -0.05) is 0 Å². The molecule has 0 radical (unpaired) electrons. The molecule has 1 aromatic heterocycles. The summed E-state index contributed by atoms with van der Waals surface area (Å²) in [6.45, 7) is 9.22. The molecule has 1 atom stereocenters. The lowest BCUT2D eigenvalue weighted by Gasteiger charge is -2.38. The van der Waals surface area contributed by atoms with Gasteiger partial charge in [0.15, 0.2) is 0 Å². The van der Waals surface area contributed by atoms with E-state index in [4.69, 9.17) is 4.74 Å². The number of nitrogens with one attached hydrogen (secondary N) is 1. The fraction of sp³-hybridized carbons (Fsp3) is 0.696. The van der Waals surface area contributed by atoms with Gasteiger partial charge in [0, 0.05) is 43.1 Å². The molecule has 3 heterocycles. The Kier molecular flexibility index (Phi) is 6.68. The van der Waals surface area contributed by atoms with Gasteiger partial charge in [0.25, 0.3) is 5.91 Å². The van der Waals surface area contributed by atoms with Crippen LogP contribution in [0.4, 0.5) is 0 Å². The molecule has 0 spiro atoms. The predicted molar refractivity (Wildman–Crippen MR) is 114 cm³/mol. The van der Waals surface area contributed by atoms with Crippen molar-refractivity contribution in [1.29, 1.82) is 0 Å². The van der Waals surface area contributed by atoms with Crippen LogP contribution in [0.3, 0.4) is 0 Å². The minimum atomic E-state index is -0.161. The third-order valence-electron chi connectivity index (χ3n) is 6.45. The third kappa shape index (κ3) is 5.79. The molecule has 2 amide bonds. The Morgan fingerprint density at radius 2 is 1.77 bits per heavy atom. The number of pyridine rings is 1. The first kappa shape index (κ1) is 21.2. The number of aryl methyl sites for hydroxylation is 2. The standard InChI is InChI=1S/C23H34N4O3/c1-16-9-20(10-17(2)25-16)23(29)24-11-21-14-27(22(28)15-30-21)13-19-5-7-26(8-6-19)12-18-3-4-18/h9-10,18-19,21H,3-8,11-15H2,1-2H3,(H,24,29)/t21-/m0/s1. The van der Waals surface area contributed by atoms with Crippen molar-refractivity contribution in [3.8, 4) is 0 Å². The lowest BCUT2D eigenvalue weighted by atomic mass is 9.95. The molecule has 0 bridgehead atoms. The van der Waals surface area contributed by atoms with Gasteiger partial charge in [-0.2, -0.15) is 0 Å². The highest BCUT2D eigenvalue weighted by Gasteiger charge is 2.31. The lowest BCUT2D eigenvalue weighted by molar-refractivity contribution is -0.149. The number of hydrogen-bond acceptors (Lipinski definition) is 5. The maximum absolute atomic E-state index is 12.5. The van der Waals surface area contributed by atoms with Crippen LogP contribution in [0.5, 0.6) is 0 Å². The Bertz CT molecular complexity index is 751. The first-order valence-corrected chi connectivity index (χ1v) is 11.3. The minimum Gasteiger partial charge on any atom is -0.365 e. The van der Waals surface area contributed by atoms with Crippen molar-refractivity contribution in [1.82, 2.24) is 20.1 Å². The van der Waals surface area contributed by atoms with Gasteiger partial charge in [-0.25, -0.2) is 0 Å². The maximum Gasteiger partial charge on any atom is 0.251 e. The summed E-state index contributed by atoms with van der Waals surface area (Å²) < 4.78 is 5.68. The second-order valence-corrected chi connectivity index (χ2v) is 9.27.